The highest BCUT2D eigenvalue weighted by Gasteiger charge is 2.31. The maximum Gasteiger partial charge on any atom is 0.397 e. The second kappa shape index (κ2) is 5.76. The minimum absolute atomic E-state index is 0.198. The zero-order valence-electron chi connectivity index (χ0n) is 10.7. The predicted octanol–water partition coefficient (Wildman–Crippen LogP) is 3.54. The Morgan fingerprint density at radius 3 is 2.71 bits per heavy atom. The molecule has 0 spiro atoms. The van der Waals surface area contributed by atoms with Crippen LogP contribution in [0.2, 0.25) is 0 Å². The largest absolute Gasteiger partial charge is 0.397 e. The van der Waals surface area contributed by atoms with Gasteiger partial charge in [-0.2, -0.15) is 13.2 Å². The summed E-state index contributed by atoms with van der Waals surface area (Å²) in [6, 6.07) is 1.20. The minimum atomic E-state index is -4.57. The molecule has 0 aliphatic heterocycles. The molecule has 21 heavy (non-hydrogen) atoms. The number of hydrogen-bond donors (Lipinski definition) is 1. The highest BCUT2D eigenvalue weighted by atomic mass is 32.1. The van der Waals surface area contributed by atoms with Crippen molar-refractivity contribution < 1.29 is 22.4 Å². The molecule has 0 unspecified atom stereocenters. The van der Waals surface area contributed by atoms with E-state index in [1.165, 1.54) is 19.2 Å². The third-order valence-electron chi connectivity index (χ3n) is 2.36. The van der Waals surface area contributed by atoms with Crippen LogP contribution in [0.15, 0.2) is 18.5 Å². The lowest BCUT2D eigenvalue weighted by atomic mass is 10.3. The Bertz CT molecular complexity index is 669. The van der Waals surface area contributed by atoms with Crippen LogP contribution in [0.5, 0.6) is 0 Å². The van der Waals surface area contributed by atoms with E-state index in [0.29, 0.717) is 16.3 Å². The van der Waals surface area contributed by atoms with Crippen LogP contribution >= 0.6 is 11.3 Å². The number of aromatic nitrogens is 2. The molecule has 4 nitrogen and oxygen atoms in total. The van der Waals surface area contributed by atoms with Crippen molar-refractivity contribution in [3.63, 3.8) is 0 Å². The number of nitrogens with zero attached hydrogens (tertiary/aromatic N) is 2. The van der Waals surface area contributed by atoms with Crippen molar-refractivity contribution >= 4 is 22.2 Å². The van der Waals surface area contributed by atoms with Gasteiger partial charge in [-0.05, 0) is 13.0 Å². The highest BCUT2D eigenvalue weighted by Crippen LogP contribution is 2.32. The second-order valence-corrected chi connectivity index (χ2v) is 5.16. The molecule has 0 bridgehead atoms. The summed E-state index contributed by atoms with van der Waals surface area (Å²) in [6.45, 7) is 1.54. The first-order chi connectivity index (χ1) is 9.74. The van der Waals surface area contributed by atoms with Gasteiger partial charge in [-0.3, -0.25) is 9.78 Å². The molecule has 2 aromatic heterocycles. The number of anilines is 1. The molecule has 0 aromatic carbocycles. The summed E-state index contributed by atoms with van der Waals surface area (Å²) >= 11 is 0.959. The first-order valence-electron chi connectivity index (χ1n) is 5.69. The van der Waals surface area contributed by atoms with Crippen molar-refractivity contribution in [3.8, 4) is 10.6 Å². The monoisotopic (exact) mass is 319 g/mol. The Balaban J connectivity index is 2.18. The Hall–Kier alpha value is -2.03. The number of hydrogen-bond acceptors (Lipinski definition) is 4. The average Bonchev–Trinajstić information content (AvgIpc) is 2.68. The van der Waals surface area contributed by atoms with Gasteiger partial charge in [0, 0.05) is 11.8 Å². The molecular weight excluding hydrogens is 310 g/mol. The molecule has 0 saturated carbocycles. The zero-order valence-corrected chi connectivity index (χ0v) is 11.5. The van der Waals surface area contributed by atoms with Gasteiger partial charge in [-0.25, -0.2) is 9.37 Å². The molecule has 1 amide bonds. The molecule has 112 valence electrons. The van der Waals surface area contributed by atoms with Crippen LogP contribution in [0.1, 0.15) is 12.1 Å². The number of thiazole rings is 1. The second-order valence-electron chi connectivity index (χ2n) is 4.17. The number of carbonyl (C=O) groups is 1. The van der Waals surface area contributed by atoms with Gasteiger partial charge >= 0.3 is 6.18 Å². The molecule has 1 N–H and O–H groups in total. The summed E-state index contributed by atoms with van der Waals surface area (Å²) < 4.78 is 49.4. The molecular formula is C12H9F4N3OS. The van der Waals surface area contributed by atoms with Crippen molar-refractivity contribution in [2.75, 3.05) is 5.32 Å². The van der Waals surface area contributed by atoms with Crippen LogP contribution in [-0.4, -0.2) is 22.1 Å². The van der Waals surface area contributed by atoms with Gasteiger partial charge < -0.3 is 5.32 Å². The summed E-state index contributed by atoms with van der Waals surface area (Å²) in [5, 5.41) is 2.71. The van der Waals surface area contributed by atoms with Gasteiger partial charge in [-0.1, -0.05) is 11.3 Å². The lowest BCUT2D eigenvalue weighted by Gasteiger charge is -2.06. The van der Waals surface area contributed by atoms with Crippen LogP contribution in [0, 0.1) is 12.7 Å². The number of amides is 1. The number of alkyl halides is 3. The molecule has 2 rings (SSSR count). The first-order valence-corrected chi connectivity index (χ1v) is 6.51. The highest BCUT2D eigenvalue weighted by molar-refractivity contribution is 7.19. The number of pyridine rings is 1. The van der Waals surface area contributed by atoms with E-state index in [0.717, 1.165) is 17.5 Å². The quantitative estimate of drug-likeness (QED) is 0.880. The molecule has 0 saturated heterocycles. The van der Waals surface area contributed by atoms with Crippen molar-refractivity contribution in [3.05, 3.63) is 30.0 Å². The van der Waals surface area contributed by atoms with Crippen molar-refractivity contribution in [2.24, 2.45) is 0 Å². The fraction of sp³-hybridized carbons (Fsp3) is 0.250. The van der Waals surface area contributed by atoms with Gasteiger partial charge in [-0.15, -0.1) is 0 Å². The van der Waals surface area contributed by atoms with E-state index in [1.807, 2.05) is 0 Å². The molecule has 0 fully saturated rings. The lowest BCUT2D eigenvalue weighted by molar-refractivity contribution is -0.150. The molecule has 0 aliphatic rings. The summed E-state index contributed by atoms with van der Waals surface area (Å²) in [5.74, 6) is -1.72. The summed E-state index contributed by atoms with van der Waals surface area (Å²) in [4.78, 5) is 19.0. The topological polar surface area (TPSA) is 54.9 Å². The smallest absolute Gasteiger partial charge is 0.316 e. The summed E-state index contributed by atoms with van der Waals surface area (Å²) in [7, 11) is 0. The first kappa shape index (κ1) is 15.4. The van der Waals surface area contributed by atoms with Gasteiger partial charge in [0.05, 0.1) is 11.9 Å². The molecule has 9 heteroatoms. The molecule has 0 radical (unpaired) electrons. The normalized spacial score (nSPS) is 11.5. The maximum atomic E-state index is 13.1. The van der Waals surface area contributed by atoms with E-state index in [1.54, 1.807) is 0 Å². The number of nitrogens with one attached hydrogen (secondary N) is 1. The number of rotatable bonds is 3. The third kappa shape index (κ3) is 4.22. The number of aryl methyl sites for hydroxylation is 1. The Morgan fingerprint density at radius 2 is 2.10 bits per heavy atom. The predicted molar refractivity (Wildman–Crippen MR) is 69.3 cm³/mol. The average molecular weight is 319 g/mol. The van der Waals surface area contributed by atoms with Crippen LogP contribution in [0.3, 0.4) is 0 Å². The Kier molecular flexibility index (Phi) is 4.21. The maximum absolute atomic E-state index is 13.1. The van der Waals surface area contributed by atoms with Crippen LogP contribution < -0.4 is 5.32 Å². The number of halogens is 4. The molecule has 2 aromatic rings. The molecule has 0 atom stereocenters. The van der Waals surface area contributed by atoms with E-state index in [4.69, 9.17) is 0 Å². The SMILES string of the molecule is Cc1nc(-c2cncc(F)c2)sc1NC(=O)CC(F)(F)F. The fourth-order valence-electron chi connectivity index (χ4n) is 1.52. The van der Waals surface area contributed by atoms with E-state index in [2.05, 4.69) is 15.3 Å². The van der Waals surface area contributed by atoms with E-state index in [9.17, 15) is 22.4 Å². The summed E-state index contributed by atoms with van der Waals surface area (Å²) in [6.07, 6.45) is -3.74. The van der Waals surface area contributed by atoms with Gasteiger partial charge in [0.2, 0.25) is 5.91 Å². The molecule has 2 heterocycles. The molecule has 0 aliphatic carbocycles. The minimum Gasteiger partial charge on any atom is -0.316 e. The van der Waals surface area contributed by atoms with Gasteiger partial charge in [0.25, 0.3) is 0 Å². The van der Waals surface area contributed by atoms with Gasteiger partial charge in [0.15, 0.2) is 0 Å². The van der Waals surface area contributed by atoms with Crippen molar-refractivity contribution in [1.82, 2.24) is 9.97 Å². The Labute approximate surface area is 120 Å². The van der Waals surface area contributed by atoms with E-state index in [-0.39, 0.29) is 5.00 Å². The fourth-order valence-corrected chi connectivity index (χ4v) is 2.48. The lowest BCUT2D eigenvalue weighted by Crippen LogP contribution is -2.21. The van der Waals surface area contributed by atoms with Crippen molar-refractivity contribution in [2.45, 2.75) is 19.5 Å². The van der Waals surface area contributed by atoms with Crippen LogP contribution in [0.4, 0.5) is 22.6 Å². The Morgan fingerprint density at radius 1 is 1.38 bits per heavy atom. The van der Waals surface area contributed by atoms with Crippen LogP contribution in [-0.2, 0) is 4.79 Å². The van der Waals surface area contributed by atoms with Crippen molar-refractivity contribution in [1.29, 1.82) is 0 Å². The number of carbonyl (C=O) groups excluding carboxylic acids is 1. The van der Waals surface area contributed by atoms with Gasteiger partial charge in [0.1, 0.15) is 22.2 Å². The zero-order chi connectivity index (χ0) is 15.6. The van der Waals surface area contributed by atoms with E-state index < -0.39 is 24.3 Å². The third-order valence-corrected chi connectivity index (χ3v) is 3.48. The standard InChI is InChI=1S/C12H9F4N3OS/c1-6-10(19-9(20)3-12(14,15)16)21-11(18-6)7-2-8(13)5-17-4-7/h2,4-5H,3H2,1H3,(H,19,20). The summed E-state index contributed by atoms with van der Waals surface area (Å²) in [5.41, 5.74) is 0.745. The van der Waals surface area contributed by atoms with E-state index >= 15 is 0 Å². The van der Waals surface area contributed by atoms with Crippen LogP contribution in [0.25, 0.3) is 10.6 Å².